The SMILES string of the molecule is NCc1ccc(C(=O)c2ccccc2C(F)(F)F)o1. The standard InChI is InChI=1S/C13H10F3NO2/c14-13(15,16)10-4-2-1-3-9(10)12(18)11-6-5-8(7-17)19-11/h1-6H,7,17H2. The van der Waals surface area contributed by atoms with E-state index in [1.165, 1.54) is 24.3 Å². The summed E-state index contributed by atoms with van der Waals surface area (Å²) in [4.78, 5) is 12.0. The molecule has 100 valence electrons. The van der Waals surface area contributed by atoms with E-state index in [-0.39, 0.29) is 12.3 Å². The maximum absolute atomic E-state index is 12.8. The molecule has 2 rings (SSSR count). The molecule has 0 aliphatic rings. The predicted octanol–water partition coefficient (Wildman–Crippen LogP) is 2.99. The lowest BCUT2D eigenvalue weighted by atomic mass is 10.0. The fourth-order valence-electron chi connectivity index (χ4n) is 1.67. The van der Waals surface area contributed by atoms with Crippen molar-refractivity contribution in [1.29, 1.82) is 0 Å². The number of halogens is 3. The minimum Gasteiger partial charge on any atom is -0.456 e. The van der Waals surface area contributed by atoms with Crippen LogP contribution in [-0.4, -0.2) is 5.78 Å². The third kappa shape index (κ3) is 2.68. The van der Waals surface area contributed by atoms with Gasteiger partial charge in [0.05, 0.1) is 12.1 Å². The largest absolute Gasteiger partial charge is 0.456 e. The van der Waals surface area contributed by atoms with E-state index in [0.29, 0.717) is 5.76 Å². The highest BCUT2D eigenvalue weighted by Crippen LogP contribution is 2.32. The van der Waals surface area contributed by atoms with Crippen LogP contribution in [-0.2, 0) is 12.7 Å². The van der Waals surface area contributed by atoms with Crippen LogP contribution in [0.2, 0.25) is 0 Å². The topological polar surface area (TPSA) is 56.2 Å². The lowest BCUT2D eigenvalue weighted by molar-refractivity contribution is -0.137. The number of hydrogen-bond acceptors (Lipinski definition) is 3. The number of benzene rings is 1. The van der Waals surface area contributed by atoms with Crippen LogP contribution in [0.1, 0.15) is 27.4 Å². The molecular weight excluding hydrogens is 259 g/mol. The zero-order chi connectivity index (χ0) is 14.0. The molecular formula is C13H10F3NO2. The van der Waals surface area contributed by atoms with Crippen LogP contribution in [0.4, 0.5) is 13.2 Å². The van der Waals surface area contributed by atoms with Gasteiger partial charge in [0.1, 0.15) is 5.76 Å². The molecule has 0 spiro atoms. The van der Waals surface area contributed by atoms with Crippen molar-refractivity contribution < 1.29 is 22.4 Å². The summed E-state index contributed by atoms with van der Waals surface area (Å²) in [5.74, 6) is -0.627. The number of ketones is 1. The van der Waals surface area contributed by atoms with Gasteiger partial charge in [0.15, 0.2) is 5.76 Å². The molecule has 1 heterocycles. The van der Waals surface area contributed by atoms with Crippen molar-refractivity contribution in [2.75, 3.05) is 0 Å². The van der Waals surface area contributed by atoms with Crippen molar-refractivity contribution in [2.45, 2.75) is 12.7 Å². The van der Waals surface area contributed by atoms with Gasteiger partial charge in [-0.2, -0.15) is 13.2 Å². The molecule has 0 saturated carbocycles. The van der Waals surface area contributed by atoms with Crippen molar-refractivity contribution in [2.24, 2.45) is 5.73 Å². The van der Waals surface area contributed by atoms with Gasteiger partial charge in [-0.3, -0.25) is 4.79 Å². The van der Waals surface area contributed by atoms with Crippen LogP contribution in [0, 0.1) is 0 Å². The lowest BCUT2D eigenvalue weighted by Gasteiger charge is -2.10. The Bertz CT molecular complexity index is 602. The van der Waals surface area contributed by atoms with Gasteiger partial charge in [0, 0.05) is 5.56 Å². The number of hydrogen-bond donors (Lipinski definition) is 1. The highest BCUT2D eigenvalue weighted by atomic mass is 19.4. The van der Waals surface area contributed by atoms with Crippen LogP contribution >= 0.6 is 0 Å². The quantitative estimate of drug-likeness (QED) is 0.871. The molecule has 0 aliphatic heterocycles. The van der Waals surface area contributed by atoms with Crippen molar-refractivity contribution in [3.8, 4) is 0 Å². The molecule has 0 radical (unpaired) electrons. The first kappa shape index (κ1) is 13.4. The number of furan rings is 1. The van der Waals surface area contributed by atoms with Crippen molar-refractivity contribution >= 4 is 5.78 Å². The predicted molar refractivity (Wildman–Crippen MR) is 61.5 cm³/mol. The van der Waals surface area contributed by atoms with Crippen molar-refractivity contribution in [3.05, 3.63) is 59.0 Å². The second-order valence-electron chi connectivity index (χ2n) is 3.84. The molecule has 6 heteroatoms. The van der Waals surface area contributed by atoms with Gasteiger partial charge in [0.2, 0.25) is 5.78 Å². The Balaban J connectivity index is 2.44. The maximum Gasteiger partial charge on any atom is 0.417 e. The number of rotatable bonds is 3. The average Bonchev–Trinajstić information content (AvgIpc) is 2.85. The summed E-state index contributed by atoms with van der Waals surface area (Å²) < 4.78 is 43.5. The summed E-state index contributed by atoms with van der Waals surface area (Å²) >= 11 is 0. The Hall–Kier alpha value is -2.08. The molecule has 2 N–H and O–H groups in total. The minimum absolute atomic E-state index is 0.0776. The maximum atomic E-state index is 12.8. The molecule has 1 aromatic carbocycles. The van der Waals surface area contributed by atoms with E-state index in [1.54, 1.807) is 0 Å². The zero-order valence-corrected chi connectivity index (χ0v) is 9.70. The van der Waals surface area contributed by atoms with Crippen LogP contribution in [0.15, 0.2) is 40.8 Å². The summed E-state index contributed by atoms with van der Waals surface area (Å²) in [6.45, 7) is 0.0776. The van der Waals surface area contributed by atoms with Crippen molar-refractivity contribution in [1.82, 2.24) is 0 Å². The van der Waals surface area contributed by atoms with E-state index in [2.05, 4.69) is 0 Å². The van der Waals surface area contributed by atoms with Gasteiger partial charge in [0.25, 0.3) is 0 Å². The molecule has 0 aliphatic carbocycles. The van der Waals surface area contributed by atoms with Crippen LogP contribution in [0.25, 0.3) is 0 Å². The monoisotopic (exact) mass is 269 g/mol. The molecule has 19 heavy (non-hydrogen) atoms. The minimum atomic E-state index is -4.59. The molecule has 0 fully saturated rings. The van der Waals surface area contributed by atoms with Crippen molar-refractivity contribution in [3.63, 3.8) is 0 Å². The van der Waals surface area contributed by atoms with Crippen LogP contribution < -0.4 is 5.73 Å². The zero-order valence-electron chi connectivity index (χ0n) is 9.70. The Kier molecular flexibility index (Phi) is 3.44. The fraction of sp³-hybridized carbons (Fsp3) is 0.154. The first-order chi connectivity index (χ1) is 8.93. The summed E-state index contributed by atoms with van der Waals surface area (Å²) in [6.07, 6.45) is -4.59. The average molecular weight is 269 g/mol. The van der Waals surface area contributed by atoms with Gasteiger partial charge in [-0.1, -0.05) is 18.2 Å². The van der Waals surface area contributed by atoms with Gasteiger partial charge in [-0.05, 0) is 18.2 Å². The van der Waals surface area contributed by atoms with E-state index in [4.69, 9.17) is 10.2 Å². The van der Waals surface area contributed by atoms with E-state index in [9.17, 15) is 18.0 Å². The van der Waals surface area contributed by atoms with E-state index in [0.717, 1.165) is 12.1 Å². The highest BCUT2D eigenvalue weighted by Gasteiger charge is 2.35. The van der Waals surface area contributed by atoms with Crippen LogP contribution in [0.3, 0.4) is 0 Å². The van der Waals surface area contributed by atoms with Gasteiger partial charge in [-0.25, -0.2) is 0 Å². The molecule has 0 unspecified atom stereocenters. The van der Waals surface area contributed by atoms with Crippen LogP contribution in [0.5, 0.6) is 0 Å². The third-order valence-corrected chi connectivity index (χ3v) is 2.56. The third-order valence-electron chi connectivity index (χ3n) is 2.56. The summed E-state index contributed by atoms with van der Waals surface area (Å²) in [6, 6.07) is 7.36. The van der Waals surface area contributed by atoms with E-state index < -0.39 is 23.1 Å². The Labute approximate surface area is 106 Å². The van der Waals surface area contributed by atoms with Gasteiger partial charge >= 0.3 is 6.18 Å². The number of alkyl halides is 3. The summed E-state index contributed by atoms with van der Waals surface area (Å²) in [5, 5.41) is 0. The Morgan fingerprint density at radius 3 is 2.42 bits per heavy atom. The normalized spacial score (nSPS) is 11.6. The molecule has 0 bridgehead atoms. The van der Waals surface area contributed by atoms with Gasteiger partial charge < -0.3 is 10.2 Å². The van der Waals surface area contributed by atoms with Gasteiger partial charge in [-0.15, -0.1) is 0 Å². The van der Waals surface area contributed by atoms with E-state index >= 15 is 0 Å². The Morgan fingerprint density at radius 1 is 1.16 bits per heavy atom. The molecule has 1 aromatic heterocycles. The molecule has 3 nitrogen and oxygen atoms in total. The Morgan fingerprint density at radius 2 is 1.84 bits per heavy atom. The summed E-state index contributed by atoms with van der Waals surface area (Å²) in [7, 11) is 0. The summed E-state index contributed by atoms with van der Waals surface area (Å²) in [5.41, 5.74) is 3.90. The first-order valence-electron chi connectivity index (χ1n) is 5.43. The smallest absolute Gasteiger partial charge is 0.417 e. The first-order valence-corrected chi connectivity index (χ1v) is 5.43. The second kappa shape index (κ2) is 4.89. The molecule has 0 amide bonds. The molecule has 0 atom stereocenters. The number of nitrogens with two attached hydrogens (primary N) is 1. The highest BCUT2D eigenvalue weighted by molar-refractivity contribution is 6.08. The second-order valence-corrected chi connectivity index (χ2v) is 3.84. The molecule has 0 saturated heterocycles. The number of carbonyl (C=O) groups excluding carboxylic acids is 1. The number of carbonyl (C=O) groups is 1. The fourth-order valence-corrected chi connectivity index (χ4v) is 1.67. The lowest BCUT2D eigenvalue weighted by Crippen LogP contribution is -2.13. The van der Waals surface area contributed by atoms with E-state index in [1.807, 2.05) is 0 Å². The molecule has 2 aromatic rings.